The second-order valence-corrected chi connectivity index (χ2v) is 10.3. The Hall–Kier alpha value is -0.680. The van der Waals surface area contributed by atoms with Crippen molar-refractivity contribution in [2.45, 2.75) is 39.3 Å². The summed E-state index contributed by atoms with van der Waals surface area (Å²) in [4.78, 5) is 0. The molecular weight excluding hydrogens is 340 g/mol. The summed E-state index contributed by atoms with van der Waals surface area (Å²) >= 11 is 0. The second-order valence-electron chi connectivity index (χ2n) is 10.3. The molecule has 6 aliphatic rings. The predicted octanol–water partition coefficient (Wildman–Crippen LogP) is 3.64. The van der Waals surface area contributed by atoms with Crippen molar-refractivity contribution >= 4 is 0 Å². The van der Waals surface area contributed by atoms with Gasteiger partial charge in [-0.15, -0.1) is 0 Å². The zero-order chi connectivity index (χ0) is 18.2. The molecule has 8 unspecified atom stereocenters. The monoisotopic (exact) mass is 372 g/mol. The van der Waals surface area contributed by atoms with Crippen molar-refractivity contribution in [1.82, 2.24) is 0 Å². The fourth-order valence-electron chi connectivity index (χ4n) is 6.94. The zero-order valence-electron chi connectivity index (χ0n) is 16.5. The summed E-state index contributed by atoms with van der Waals surface area (Å²) in [5.41, 5.74) is -0.125. The van der Waals surface area contributed by atoms with Crippen LogP contribution < -0.4 is 0 Å². The number of fused-ring (bicyclic) bond motifs is 4. The molecule has 2 aliphatic heterocycles. The molecule has 0 aromatic rings. The normalized spacial score (nSPS) is 58.6. The van der Waals surface area contributed by atoms with Gasteiger partial charge >= 0.3 is 0 Å². The lowest BCUT2D eigenvalue weighted by Gasteiger charge is -2.47. The number of hydrogen-bond acceptors (Lipinski definition) is 4. The fourth-order valence-corrected chi connectivity index (χ4v) is 6.94. The van der Waals surface area contributed by atoms with E-state index in [1.807, 2.05) is 0 Å². The van der Waals surface area contributed by atoms with Gasteiger partial charge in [-0.3, -0.25) is 0 Å². The summed E-state index contributed by atoms with van der Waals surface area (Å²) in [7, 11) is 0. The summed E-state index contributed by atoms with van der Waals surface area (Å²) in [6, 6.07) is 0. The van der Waals surface area contributed by atoms with E-state index in [1.54, 1.807) is 0 Å². The molecule has 6 rings (SSSR count). The van der Waals surface area contributed by atoms with Crippen molar-refractivity contribution in [3.8, 4) is 0 Å². The Kier molecular flexibility index (Phi) is 3.92. The van der Waals surface area contributed by atoms with Gasteiger partial charge in [-0.2, -0.15) is 0 Å². The van der Waals surface area contributed by atoms with Gasteiger partial charge in [0.25, 0.3) is 0 Å². The third-order valence-corrected chi connectivity index (χ3v) is 8.70. The lowest BCUT2D eigenvalue weighted by atomic mass is 9.82. The molecule has 2 saturated heterocycles. The molecule has 4 bridgehead atoms. The Morgan fingerprint density at radius 3 is 1.30 bits per heavy atom. The third-order valence-electron chi connectivity index (χ3n) is 8.70. The van der Waals surface area contributed by atoms with Crippen LogP contribution >= 0.6 is 0 Å². The SMILES string of the molecule is CC1C2C=CC(C2)C1C1OCC2(CO1)COC(C1C3C=CC(C3)C1C)OC2. The molecule has 4 fully saturated rings. The summed E-state index contributed by atoms with van der Waals surface area (Å²) in [6.07, 6.45) is 12.0. The molecule has 27 heavy (non-hydrogen) atoms. The second kappa shape index (κ2) is 6.16. The standard InChI is InChI=1S/C23H32O4/c1-13-15-3-5-17(7-15)19(13)21-24-9-23(10-25-21)11-26-22(27-12-23)20-14(2)16-4-6-18(20)8-16/h3-6,13-22H,7-12H2,1-2H3. The van der Waals surface area contributed by atoms with Crippen LogP contribution in [0.5, 0.6) is 0 Å². The van der Waals surface area contributed by atoms with Crippen LogP contribution in [0.3, 0.4) is 0 Å². The van der Waals surface area contributed by atoms with Gasteiger partial charge in [-0.05, 0) is 48.3 Å². The Morgan fingerprint density at radius 2 is 0.963 bits per heavy atom. The van der Waals surface area contributed by atoms with E-state index in [0.29, 0.717) is 61.9 Å². The van der Waals surface area contributed by atoms with Crippen molar-refractivity contribution in [3.05, 3.63) is 24.3 Å². The van der Waals surface area contributed by atoms with E-state index in [2.05, 4.69) is 38.2 Å². The van der Waals surface area contributed by atoms with E-state index in [9.17, 15) is 0 Å². The highest BCUT2D eigenvalue weighted by atomic mass is 16.7. The molecule has 1 spiro atoms. The van der Waals surface area contributed by atoms with Crippen molar-refractivity contribution in [2.75, 3.05) is 26.4 Å². The lowest BCUT2D eigenvalue weighted by Crippen LogP contribution is -2.55. The van der Waals surface area contributed by atoms with E-state index < -0.39 is 0 Å². The predicted molar refractivity (Wildman–Crippen MR) is 101 cm³/mol. The van der Waals surface area contributed by atoms with Crippen molar-refractivity contribution in [1.29, 1.82) is 0 Å². The highest BCUT2D eigenvalue weighted by Crippen LogP contribution is 2.52. The molecular formula is C23H32O4. The van der Waals surface area contributed by atoms with Gasteiger partial charge in [0.15, 0.2) is 12.6 Å². The first kappa shape index (κ1) is 17.2. The molecule has 0 aromatic carbocycles. The van der Waals surface area contributed by atoms with Crippen LogP contribution in [0.25, 0.3) is 0 Å². The topological polar surface area (TPSA) is 36.9 Å². The van der Waals surface area contributed by atoms with Crippen LogP contribution in [0.2, 0.25) is 0 Å². The van der Waals surface area contributed by atoms with Crippen LogP contribution in [-0.4, -0.2) is 39.0 Å². The lowest BCUT2D eigenvalue weighted by molar-refractivity contribution is -0.324. The first-order valence-corrected chi connectivity index (χ1v) is 11.0. The Labute approximate surface area is 162 Å². The van der Waals surface area contributed by atoms with Gasteiger partial charge in [-0.1, -0.05) is 38.2 Å². The van der Waals surface area contributed by atoms with E-state index in [0.717, 1.165) is 11.8 Å². The summed E-state index contributed by atoms with van der Waals surface area (Å²) < 4.78 is 25.1. The largest absolute Gasteiger partial charge is 0.351 e. The zero-order valence-corrected chi connectivity index (χ0v) is 16.5. The minimum absolute atomic E-state index is 0.0565. The molecule has 2 saturated carbocycles. The number of ether oxygens (including phenoxy) is 4. The average molecular weight is 373 g/mol. The smallest absolute Gasteiger partial charge is 0.161 e. The van der Waals surface area contributed by atoms with Crippen LogP contribution in [-0.2, 0) is 18.9 Å². The van der Waals surface area contributed by atoms with Crippen molar-refractivity contribution < 1.29 is 18.9 Å². The summed E-state index contributed by atoms with van der Waals surface area (Å²) in [6.45, 7) is 7.50. The maximum atomic E-state index is 6.28. The fraction of sp³-hybridized carbons (Fsp3) is 0.826. The summed E-state index contributed by atoms with van der Waals surface area (Å²) in [5, 5.41) is 0. The van der Waals surface area contributed by atoms with Crippen LogP contribution in [0, 0.1) is 52.8 Å². The maximum absolute atomic E-state index is 6.28. The first-order valence-electron chi connectivity index (χ1n) is 11.0. The van der Waals surface area contributed by atoms with Crippen LogP contribution in [0.4, 0.5) is 0 Å². The Morgan fingerprint density at radius 1 is 0.593 bits per heavy atom. The maximum Gasteiger partial charge on any atom is 0.161 e. The molecule has 2 heterocycles. The Bertz CT molecular complexity index is 581. The molecule has 0 N–H and O–H groups in total. The van der Waals surface area contributed by atoms with Crippen LogP contribution in [0.15, 0.2) is 24.3 Å². The van der Waals surface area contributed by atoms with Crippen molar-refractivity contribution in [3.63, 3.8) is 0 Å². The summed E-state index contributed by atoms with van der Waals surface area (Å²) in [5.74, 6) is 5.07. The van der Waals surface area contributed by atoms with E-state index in [4.69, 9.17) is 18.9 Å². The number of allylic oxidation sites excluding steroid dienone is 4. The van der Waals surface area contributed by atoms with Gasteiger partial charge in [0.2, 0.25) is 0 Å². The number of hydrogen-bond donors (Lipinski definition) is 0. The number of rotatable bonds is 2. The van der Waals surface area contributed by atoms with Crippen molar-refractivity contribution in [2.24, 2.45) is 52.8 Å². The van der Waals surface area contributed by atoms with Gasteiger partial charge in [-0.25, -0.2) is 0 Å². The average Bonchev–Trinajstić information content (AvgIpc) is 3.45. The third kappa shape index (κ3) is 2.56. The first-order chi connectivity index (χ1) is 13.1. The minimum Gasteiger partial charge on any atom is -0.351 e. The highest BCUT2D eigenvalue weighted by molar-refractivity contribution is 5.14. The van der Waals surface area contributed by atoms with E-state index in [-0.39, 0.29) is 18.0 Å². The van der Waals surface area contributed by atoms with Crippen LogP contribution in [0.1, 0.15) is 26.7 Å². The quantitative estimate of drug-likeness (QED) is 0.694. The Balaban J connectivity index is 1.07. The molecule has 0 radical (unpaired) electrons. The molecule has 148 valence electrons. The van der Waals surface area contributed by atoms with Gasteiger partial charge < -0.3 is 18.9 Å². The van der Waals surface area contributed by atoms with Gasteiger partial charge in [0.05, 0.1) is 31.8 Å². The molecule has 0 aromatic heterocycles. The molecule has 0 amide bonds. The molecule has 8 atom stereocenters. The van der Waals surface area contributed by atoms with E-state index in [1.165, 1.54) is 12.8 Å². The highest BCUT2D eigenvalue weighted by Gasteiger charge is 2.53. The van der Waals surface area contributed by atoms with E-state index >= 15 is 0 Å². The minimum atomic E-state index is -0.125. The molecule has 4 aliphatic carbocycles. The molecule has 4 nitrogen and oxygen atoms in total. The molecule has 4 heteroatoms. The van der Waals surface area contributed by atoms with Gasteiger partial charge in [0, 0.05) is 11.8 Å². The van der Waals surface area contributed by atoms with Gasteiger partial charge in [0.1, 0.15) is 0 Å².